The lowest BCUT2D eigenvalue weighted by Crippen LogP contribution is -2.04. The third-order valence-corrected chi connectivity index (χ3v) is 3.80. The van der Waals surface area contributed by atoms with Gasteiger partial charge in [0.2, 0.25) is 0 Å². The van der Waals surface area contributed by atoms with Crippen LogP contribution in [-0.2, 0) is 0 Å². The van der Waals surface area contributed by atoms with E-state index < -0.39 is 5.97 Å². The standard InChI is InChI=1S/C19H18N2O2/c1-12-4-6-15(7-5-12)16-9-17(19(22)23)11-18(10-16)21-14(3)8-13(2)20-21/h4-11H,1-3H3,(H,22,23). The number of carboxylic acid groups (broad SMARTS) is 1. The van der Waals surface area contributed by atoms with E-state index in [1.807, 2.05) is 57.2 Å². The van der Waals surface area contributed by atoms with Gasteiger partial charge < -0.3 is 5.11 Å². The average Bonchev–Trinajstić information content (AvgIpc) is 2.86. The van der Waals surface area contributed by atoms with Crippen LogP contribution < -0.4 is 0 Å². The minimum absolute atomic E-state index is 0.255. The number of aromatic nitrogens is 2. The Morgan fingerprint density at radius 2 is 1.65 bits per heavy atom. The Hall–Kier alpha value is -2.88. The highest BCUT2D eigenvalue weighted by atomic mass is 16.4. The monoisotopic (exact) mass is 306 g/mol. The lowest BCUT2D eigenvalue weighted by atomic mass is 10.0. The Balaban J connectivity index is 2.19. The number of hydrogen-bond donors (Lipinski definition) is 1. The van der Waals surface area contributed by atoms with Gasteiger partial charge in [-0.15, -0.1) is 0 Å². The van der Waals surface area contributed by atoms with E-state index in [1.165, 1.54) is 5.56 Å². The van der Waals surface area contributed by atoms with Crippen molar-refractivity contribution in [1.29, 1.82) is 0 Å². The molecular formula is C19H18N2O2. The first-order valence-corrected chi connectivity index (χ1v) is 7.43. The van der Waals surface area contributed by atoms with Crippen molar-refractivity contribution in [2.24, 2.45) is 0 Å². The summed E-state index contributed by atoms with van der Waals surface area (Å²) in [6.45, 7) is 5.91. The van der Waals surface area contributed by atoms with Crippen LogP contribution in [0.25, 0.3) is 16.8 Å². The van der Waals surface area contributed by atoms with E-state index in [4.69, 9.17) is 0 Å². The molecule has 116 valence electrons. The predicted molar refractivity (Wildman–Crippen MR) is 90.2 cm³/mol. The first-order chi connectivity index (χ1) is 10.9. The second-order valence-electron chi connectivity index (χ2n) is 5.78. The molecule has 0 atom stereocenters. The quantitative estimate of drug-likeness (QED) is 0.790. The Morgan fingerprint density at radius 1 is 0.957 bits per heavy atom. The summed E-state index contributed by atoms with van der Waals surface area (Å²) in [5.74, 6) is -0.943. The number of benzene rings is 2. The molecule has 1 heterocycles. The van der Waals surface area contributed by atoms with Crippen molar-refractivity contribution >= 4 is 5.97 Å². The van der Waals surface area contributed by atoms with Gasteiger partial charge in [-0.25, -0.2) is 9.48 Å². The van der Waals surface area contributed by atoms with E-state index in [0.29, 0.717) is 0 Å². The van der Waals surface area contributed by atoms with E-state index in [9.17, 15) is 9.90 Å². The molecule has 0 unspecified atom stereocenters. The molecule has 3 rings (SSSR count). The zero-order valence-corrected chi connectivity index (χ0v) is 13.4. The van der Waals surface area contributed by atoms with Crippen LogP contribution in [0.15, 0.2) is 48.5 Å². The number of aryl methyl sites for hydroxylation is 3. The molecule has 2 aromatic carbocycles. The van der Waals surface area contributed by atoms with Crippen molar-refractivity contribution in [3.05, 3.63) is 71.0 Å². The van der Waals surface area contributed by atoms with Gasteiger partial charge in [0.15, 0.2) is 0 Å². The zero-order valence-electron chi connectivity index (χ0n) is 13.4. The first-order valence-electron chi connectivity index (χ1n) is 7.43. The molecule has 0 aliphatic rings. The van der Waals surface area contributed by atoms with Crippen LogP contribution in [0.1, 0.15) is 27.3 Å². The number of nitrogens with zero attached hydrogens (tertiary/aromatic N) is 2. The van der Waals surface area contributed by atoms with Crippen LogP contribution in [0.4, 0.5) is 0 Å². The molecule has 0 fully saturated rings. The fraction of sp³-hybridized carbons (Fsp3) is 0.158. The molecule has 0 aliphatic carbocycles. The summed E-state index contributed by atoms with van der Waals surface area (Å²) in [6.07, 6.45) is 0. The van der Waals surface area contributed by atoms with Crippen molar-refractivity contribution in [1.82, 2.24) is 9.78 Å². The molecule has 0 spiro atoms. The van der Waals surface area contributed by atoms with Gasteiger partial charge >= 0.3 is 5.97 Å². The smallest absolute Gasteiger partial charge is 0.335 e. The van der Waals surface area contributed by atoms with Gasteiger partial charge in [0.1, 0.15) is 0 Å². The van der Waals surface area contributed by atoms with Gasteiger partial charge in [-0.1, -0.05) is 29.8 Å². The van der Waals surface area contributed by atoms with Gasteiger partial charge in [-0.05, 0) is 56.2 Å². The SMILES string of the molecule is Cc1ccc(-c2cc(C(=O)O)cc(-n3nc(C)cc3C)c2)cc1. The molecule has 0 saturated carbocycles. The Kier molecular flexibility index (Phi) is 3.74. The molecule has 3 aromatic rings. The Morgan fingerprint density at radius 3 is 2.22 bits per heavy atom. The van der Waals surface area contributed by atoms with Crippen molar-refractivity contribution in [3.8, 4) is 16.8 Å². The van der Waals surface area contributed by atoms with Crippen molar-refractivity contribution in [2.45, 2.75) is 20.8 Å². The van der Waals surface area contributed by atoms with E-state index in [-0.39, 0.29) is 5.56 Å². The average molecular weight is 306 g/mol. The fourth-order valence-electron chi connectivity index (χ4n) is 2.66. The summed E-state index contributed by atoms with van der Waals surface area (Å²) < 4.78 is 1.78. The molecule has 0 saturated heterocycles. The number of carbonyl (C=O) groups is 1. The topological polar surface area (TPSA) is 55.1 Å². The van der Waals surface area contributed by atoms with Crippen LogP contribution >= 0.6 is 0 Å². The highest BCUT2D eigenvalue weighted by Crippen LogP contribution is 2.25. The first kappa shape index (κ1) is 15.0. The zero-order chi connectivity index (χ0) is 16.6. The van der Waals surface area contributed by atoms with Crippen molar-refractivity contribution in [3.63, 3.8) is 0 Å². The normalized spacial score (nSPS) is 10.7. The highest BCUT2D eigenvalue weighted by molar-refractivity contribution is 5.90. The van der Waals surface area contributed by atoms with Crippen LogP contribution in [-0.4, -0.2) is 20.9 Å². The number of carboxylic acids is 1. The summed E-state index contributed by atoms with van der Waals surface area (Å²) in [4.78, 5) is 11.5. The minimum atomic E-state index is -0.943. The van der Waals surface area contributed by atoms with Gasteiger partial charge in [0.25, 0.3) is 0 Å². The molecule has 4 nitrogen and oxygen atoms in total. The summed E-state index contributed by atoms with van der Waals surface area (Å²) in [7, 11) is 0. The van der Waals surface area contributed by atoms with Crippen LogP contribution in [0.2, 0.25) is 0 Å². The van der Waals surface area contributed by atoms with Gasteiger partial charge in [-0.2, -0.15) is 5.10 Å². The largest absolute Gasteiger partial charge is 0.478 e. The van der Waals surface area contributed by atoms with E-state index in [2.05, 4.69) is 5.10 Å². The maximum Gasteiger partial charge on any atom is 0.335 e. The maximum absolute atomic E-state index is 11.5. The summed E-state index contributed by atoms with van der Waals surface area (Å²) in [5.41, 5.74) is 5.91. The van der Waals surface area contributed by atoms with Gasteiger partial charge in [0, 0.05) is 5.69 Å². The number of aromatic carboxylic acids is 1. The fourth-order valence-corrected chi connectivity index (χ4v) is 2.66. The number of hydrogen-bond acceptors (Lipinski definition) is 2. The molecule has 4 heteroatoms. The predicted octanol–water partition coefficient (Wildman–Crippen LogP) is 4.16. The van der Waals surface area contributed by atoms with Gasteiger partial charge in [0.05, 0.1) is 16.9 Å². The summed E-state index contributed by atoms with van der Waals surface area (Å²) >= 11 is 0. The molecule has 0 bridgehead atoms. The second kappa shape index (κ2) is 5.72. The molecule has 1 N–H and O–H groups in total. The van der Waals surface area contributed by atoms with Gasteiger partial charge in [-0.3, -0.25) is 0 Å². The van der Waals surface area contributed by atoms with Crippen LogP contribution in [0.3, 0.4) is 0 Å². The minimum Gasteiger partial charge on any atom is -0.478 e. The second-order valence-corrected chi connectivity index (χ2v) is 5.78. The van der Waals surface area contributed by atoms with Crippen molar-refractivity contribution < 1.29 is 9.90 Å². The Labute approximate surface area is 135 Å². The lowest BCUT2D eigenvalue weighted by molar-refractivity contribution is 0.0697. The molecule has 0 aliphatic heterocycles. The molecule has 0 amide bonds. The van der Waals surface area contributed by atoms with Crippen LogP contribution in [0, 0.1) is 20.8 Å². The number of rotatable bonds is 3. The lowest BCUT2D eigenvalue weighted by Gasteiger charge is -2.10. The van der Waals surface area contributed by atoms with Crippen LogP contribution in [0.5, 0.6) is 0 Å². The molecule has 0 radical (unpaired) electrons. The maximum atomic E-state index is 11.5. The third kappa shape index (κ3) is 3.01. The van der Waals surface area contributed by atoms with E-state index >= 15 is 0 Å². The summed E-state index contributed by atoms with van der Waals surface area (Å²) in [5, 5.41) is 13.9. The molecular weight excluding hydrogens is 288 g/mol. The molecule has 1 aromatic heterocycles. The highest BCUT2D eigenvalue weighted by Gasteiger charge is 2.12. The van der Waals surface area contributed by atoms with E-state index in [1.54, 1.807) is 16.8 Å². The third-order valence-electron chi connectivity index (χ3n) is 3.80. The van der Waals surface area contributed by atoms with E-state index in [0.717, 1.165) is 28.2 Å². The van der Waals surface area contributed by atoms with Crippen molar-refractivity contribution in [2.75, 3.05) is 0 Å². The molecule has 23 heavy (non-hydrogen) atoms. The Bertz CT molecular complexity index is 877. The summed E-state index contributed by atoms with van der Waals surface area (Å²) in [6, 6.07) is 15.3.